The van der Waals surface area contributed by atoms with Crippen molar-refractivity contribution in [2.75, 3.05) is 7.11 Å². The highest BCUT2D eigenvalue weighted by Gasteiger charge is 2.20. The van der Waals surface area contributed by atoms with Crippen molar-refractivity contribution in [1.82, 2.24) is 4.98 Å². The third-order valence-corrected chi connectivity index (χ3v) is 4.20. The van der Waals surface area contributed by atoms with Crippen molar-refractivity contribution < 1.29 is 23.7 Å². The minimum absolute atomic E-state index is 0.00153. The van der Waals surface area contributed by atoms with Crippen molar-refractivity contribution in [3.8, 4) is 28.9 Å². The van der Waals surface area contributed by atoms with E-state index in [9.17, 15) is 9.90 Å². The molecule has 0 saturated heterocycles. The molecule has 0 atom stereocenters. The van der Waals surface area contributed by atoms with Crippen molar-refractivity contribution in [3.05, 3.63) is 82.8 Å². The lowest BCUT2D eigenvalue weighted by molar-refractivity contribution is 0.277. The summed E-state index contributed by atoms with van der Waals surface area (Å²) in [6.07, 6.45) is 3.31. The van der Waals surface area contributed by atoms with Crippen LogP contribution in [0, 0.1) is 0 Å². The fraction of sp³-hybridized carbons (Fsp3) is 0.0909. The van der Waals surface area contributed by atoms with Crippen LogP contribution in [-0.4, -0.2) is 17.2 Å². The normalized spacial score (nSPS) is 10.7. The Kier molecular flexibility index (Phi) is 5.03. The van der Waals surface area contributed by atoms with Crippen LogP contribution in [0.4, 0.5) is 0 Å². The maximum atomic E-state index is 12.6. The summed E-state index contributed by atoms with van der Waals surface area (Å²) in [4.78, 5) is 16.5. The van der Waals surface area contributed by atoms with Crippen LogP contribution < -0.4 is 19.6 Å². The van der Waals surface area contributed by atoms with Gasteiger partial charge in [-0.25, -0.2) is 0 Å². The summed E-state index contributed by atoms with van der Waals surface area (Å²) in [7, 11) is 1.38. The van der Waals surface area contributed by atoms with Crippen molar-refractivity contribution in [2.24, 2.45) is 0 Å². The molecule has 0 aliphatic carbocycles. The first-order valence-corrected chi connectivity index (χ1v) is 8.78. The molecule has 7 nitrogen and oxygen atoms in total. The number of phenols is 1. The summed E-state index contributed by atoms with van der Waals surface area (Å²) in [5, 5.41) is 10.6. The molecule has 4 rings (SSSR count). The topological polar surface area (TPSA) is 91.0 Å². The third-order valence-electron chi connectivity index (χ3n) is 4.20. The number of methoxy groups -OCH3 is 1. The van der Waals surface area contributed by atoms with E-state index < -0.39 is 5.43 Å². The first kappa shape index (κ1) is 18.4. The van der Waals surface area contributed by atoms with Crippen molar-refractivity contribution in [3.63, 3.8) is 0 Å². The lowest BCUT2D eigenvalue weighted by Gasteiger charge is -2.14. The van der Waals surface area contributed by atoms with Crippen LogP contribution in [0.3, 0.4) is 0 Å². The molecular formula is C22H17NO6. The molecule has 0 amide bonds. The average Bonchev–Trinajstić information content (AvgIpc) is 2.73. The number of nitrogens with zero attached hydrogens (tertiary/aromatic N) is 1. The van der Waals surface area contributed by atoms with Gasteiger partial charge in [-0.3, -0.25) is 9.78 Å². The van der Waals surface area contributed by atoms with E-state index in [1.54, 1.807) is 48.8 Å². The Morgan fingerprint density at radius 1 is 1.07 bits per heavy atom. The summed E-state index contributed by atoms with van der Waals surface area (Å²) in [6, 6.07) is 15.2. The molecule has 0 fully saturated rings. The lowest BCUT2D eigenvalue weighted by Crippen LogP contribution is -2.04. The average molecular weight is 391 g/mol. The van der Waals surface area contributed by atoms with Gasteiger partial charge in [0, 0.05) is 18.5 Å². The van der Waals surface area contributed by atoms with E-state index in [4.69, 9.17) is 18.6 Å². The van der Waals surface area contributed by atoms with Gasteiger partial charge >= 0.3 is 0 Å². The lowest BCUT2D eigenvalue weighted by atomic mass is 10.2. The molecule has 29 heavy (non-hydrogen) atoms. The van der Waals surface area contributed by atoms with E-state index in [2.05, 4.69) is 4.98 Å². The molecule has 0 aliphatic heterocycles. The van der Waals surface area contributed by atoms with Crippen molar-refractivity contribution in [2.45, 2.75) is 6.61 Å². The summed E-state index contributed by atoms with van der Waals surface area (Å²) in [6.45, 7) is 0.217. The first-order valence-electron chi connectivity index (χ1n) is 8.78. The van der Waals surface area contributed by atoms with Gasteiger partial charge in [0.05, 0.1) is 13.2 Å². The van der Waals surface area contributed by atoms with Gasteiger partial charge in [0.1, 0.15) is 23.3 Å². The number of aromatic hydroxyl groups is 1. The highest BCUT2D eigenvalue weighted by atomic mass is 16.6. The number of ether oxygens (including phenoxy) is 3. The summed E-state index contributed by atoms with van der Waals surface area (Å²) in [5.74, 6) is 0.444. The molecule has 0 saturated carbocycles. The van der Waals surface area contributed by atoms with Gasteiger partial charge in [0.2, 0.25) is 11.2 Å². The standard InChI is InChI=1S/C22H17NO6/c1-26-22-18(27-13-14-7-9-23-10-8-14)12-17-20(21(22)25)16(24)11-19(29-17)28-15-5-3-2-4-6-15/h2-12,25H,13H2,1H3. The number of para-hydroxylation sites is 1. The predicted octanol–water partition coefficient (Wildman–Crippen LogP) is 4.27. The summed E-state index contributed by atoms with van der Waals surface area (Å²) < 4.78 is 22.3. The number of rotatable bonds is 6. The maximum absolute atomic E-state index is 12.6. The zero-order valence-corrected chi connectivity index (χ0v) is 15.5. The second-order valence-electron chi connectivity index (χ2n) is 6.12. The van der Waals surface area contributed by atoms with Crippen molar-refractivity contribution in [1.29, 1.82) is 0 Å². The summed E-state index contributed by atoms with van der Waals surface area (Å²) in [5.41, 5.74) is 0.532. The second-order valence-corrected chi connectivity index (χ2v) is 6.12. The monoisotopic (exact) mass is 391 g/mol. The predicted molar refractivity (Wildman–Crippen MR) is 106 cm³/mol. The zero-order valence-electron chi connectivity index (χ0n) is 15.5. The molecule has 0 spiro atoms. The maximum Gasteiger partial charge on any atom is 0.294 e. The first-order chi connectivity index (χ1) is 14.2. The van der Waals surface area contributed by atoms with Crippen LogP contribution in [-0.2, 0) is 6.61 Å². The third kappa shape index (κ3) is 3.84. The van der Waals surface area contributed by atoms with Crippen molar-refractivity contribution >= 4 is 11.0 Å². The minimum atomic E-state index is -0.464. The number of phenolic OH excluding ortho intramolecular Hbond substituents is 1. The van der Waals surface area contributed by atoms with Crippen LogP contribution in [0.2, 0.25) is 0 Å². The zero-order chi connectivity index (χ0) is 20.2. The van der Waals surface area contributed by atoms with Gasteiger partial charge in [-0.05, 0) is 29.8 Å². The number of pyridine rings is 1. The smallest absolute Gasteiger partial charge is 0.294 e. The molecular weight excluding hydrogens is 374 g/mol. The highest BCUT2D eigenvalue weighted by Crippen LogP contribution is 2.42. The van der Waals surface area contributed by atoms with Gasteiger partial charge in [-0.15, -0.1) is 0 Å². The van der Waals surface area contributed by atoms with Crippen LogP contribution in [0.25, 0.3) is 11.0 Å². The Balaban J connectivity index is 1.74. The van der Waals surface area contributed by atoms with E-state index in [1.807, 2.05) is 6.07 Å². The molecule has 2 aromatic heterocycles. The Morgan fingerprint density at radius 3 is 2.55 bits per heavy atom. The number of fused-ring (bicyclic) bond motifs is 1. The van der Waals surface area contributed by atoms with E-state index in [0.29, 0.717) is 5.75 Å². The molecule has 146 valence electrons. The van der Waals surface area contributed by atoms with Crippen LogP contribution in [0.15, 0.2) is 76.2 Å². The van der Waals surface area contributed by atoms with Crippen LogP contribution >= 0.6 is 0 Å². The molecule has 0 aliphatic rings. The van der Waals surface area contributed by atoms with E-state index in [0.717, 1.165) is 5.56 Å². The SMILES string of the molecule is COc1c(OCc2ccncc2)cc2oc(Oc3ccccc3)cc(=O)c2c1O. The Bertz CT molecular complexity index is 1190. The molecule has 7 heteroatoms. The number of benzene rings is 2. The van der Waals surface area contributed by atoms with E-state index >= 15 is 0 Å². The number of aromatic nitrogens is 1. The molecule has 0 radical (unpaired) electrons. The Morgan fingerprint density at radius 2 is 1.83 bits per heavy atom. The fourth-order valence-electron chi connectivity index (χ4n) is 2.84. The molecule has 2 aromatic carbocycles. The largest absolute Gasteiger partial charge is 0.504 e. The molecule has 0 bridgehead atoms. The van der Waals surface area contributed by atoms with Gasteiger partial charge < -0.3 is 23.7 Å². The quantitative estimate of drug-likeness (QED) is 0.525. The Hall–Kier alpha value is -4.00. The number of hydrogen-bond acceptors (Lipinski definition) is 7. The van der Waals surface area contributed by atoms with E-state index in [-0.39, 0.29) is 40.8 Å². The van der Waals surface area contributed by atoms with Gasteiger partial charge in [0.15, 0.2) is 11.5 Å². The Labute approximate surface area is 165 Å². The molecule has 2 heterocycles. The minimum Gasteiger partial charge on any atom is -0.504 e. The van der Waals surface area contributed by atoms with Gasteiger partial charge in [-0.1, -0.05) is 18.2 Å². The van der Waals surface area contributed by atoms with Crippen LogP contribution in [0.5, 0.6) is 28.9 Å². The molecule has 0 unspecified atom stereocenters. The molecule has 1 N–H and O–H groups in total. The highest BCUT2D eigenvalue weighted by molar-refractivity contribution is 5.88. The van der Waals surface area contributed by atoms with E-state index in [1.165, 1.54) is 19.2 Å². The number of hydrogen-bond donors (Lipinski definition) is 1. The summed E-state index contributed by atoms with van der Waals surface area (Å²) >= 11 is 0. The van der Waals surface area contributed by atoms with Gasteiger partial charge in [-0.2, -0.15) is 0 Å². The van der Waals surface area contributed by atoms with Crippen LogP contribution in [0.1, 0.15) is 5.56 Å². The second kappa shape index (κ2) is 7.93. The molecule has 4 aromatic rings. The fourth-order valence-corrected chi connectivity index (χ4v) is 2.84. The van der Waals surface area contributed by atoms with Gasteiger partial charge in [0.25, 0.3) is 5.95 Å².